The molecular formula is C50H56BClN6O6. The molecule has 4 aliphatic rings. The first-order chi connectivity index (χ1) is 31.1. The molecule has 6 N–H and O–H groups in total. The number of hydrogen-bond acceptors (Lipinski definition) is 10. The molecule has 4 aromatic heterocycles. The van der Waals surface area contributed by atoms with Crippen molar-refractivity contribution >= 4 is 52.3 Å². The number of nitrogens with one attached hydrogen (secondary N) is 2. The molecule has 4 aliphatic carbocycles. The van der Waals surface area contributed by atoms with Crippen LogP contribution in [0.5, 0.6) is 0 Å². The molecule has 64 heavy (non-hydrogen) atoms. The number of aliphatic hydroxyl groups is 2. The Bertz CT molecular complexity index is 2540. The molecule has 14 heteroatoms. The predicted octanol–water partition coefficient (Wildman–Crippen LogP) is 7.66. The third-order valence-electron chi connectivity index (χ3n) is 12.6. The maximum atomic E-state index is 12.9. The predicted molar refractivity (Wildman–Crippen MR) is 249 cm³/mol. The van der Waals surface area contributed by atoms with Crippen molar-refractivity contribution in [3.63, 3.8) is 0 Å². The summed E-state index contributed by atoms with van der Waals surface area (Å²) >= 11 is 5.89. The minimum atomic E-state index is -1.04. The normalized spacial score (nSPS) is 20.6. The van der Waals surface area contributed by atoms with Gasteiger partial charge >= 0.3 is 7.12 Å². The maximum Gasteiger partial charge on any atom is 0.454 e. The lowest BCUT2D eigenvalue weighted by atomic mass is 9.84. The van der Waals surface area contributed by atoms with Crippen LogP contribution in [0.4, 0.5) is 0 Å². The Labute approximate surface area is 379 Å². The molecule has 2 aromatic carbocycles. The van der Waals surface area contributed by atoms with Gasteiger partial charge in [0.15, 0.2) is 0 Å². The summed E-state index contributed by atoms with van der Waals surface area (Å²) in [7, 11) is -1.04. The Morgan fingerprint density at radius 2 is 1.09 bits per heavy atom. The highest BCUT2D eigenvalue weighted by Gasteiger charge is 2.33. The van der Waals surface area contributed by atoms with Gasteiger partial charge in [-0.2, -0.15) is 0 Å². The van der Waals surface area contributed by atoms with Crippen LogP contribution in [0, 0.1) is 0 Å². The summed E-state index contributed by atoms with van der Waals surface area (Å²) in [6.45, 7) is 0. The van der Waals surface area contributed by atoms with E-state index in [1.807, 2.05) is 66.9 Å². The van der Waals surface area contributed by atoms with Crippen LogP contribution >= 0.6 is 11.6 Å². The smallest absolute Gasteiger partial charge is 0.427 e. The fourth-order valence-corrected chi connectivity index (χ4v) is 8.68. The molecule has 332 valence electrons. The molecule has 0 aliphatic heterocycles. The zero-order chi connectivity index (χ0) is 44.6. The Kier molecular flexibility index (Phi) is 14.9. The number of aromatic nitrogens is 4. The van der Waals surface area contributed by atoms with Gasteiger partial charge in [0.1, 0.15) is 16.5 Å². The third-order valence-corrected chi connectivity index (χ3v) is 12.8. The number of hydrogen-bond donors (Lipinski definition) is 6. The van der Waals surface area contributed by atoms with Crippen molar-refractivity contribution in [1.29, 1.82) is 0 Å². The maximum absolute atomic E-state index is 12.9. The van der Waals surface area contributed by atoms with E-state index in [9.17, 15) is 19.8 Å². The summed E-state index contributed by atoms with van der Waals surface area (Å²) in [6.07, 6.45) is 15.7. The van der Waals surface area contributed by atoms with Crippen molar-refractivity contribution in [2.24, 2.45) is 0 Å². The van der Waals surface area contributed by atoms with E-state index >= 15 is 0 Å². The molecule has 4 saturated carbocycles. The van der Waals surface area contributed by atoms with Crippen LogP contribution in [0.25, 0.3) is 21.8 Å². The van der Waals surface area contributed by atoms with Crippen LogP contribution < -0.4 is 10.6 Å². The highest BCUT2D eigenvalue weighted by atomic mass is 35.5. The van der Waals surface area contributed by atoms with Crippen LogP contribution in [-0.2, 0) is 12.8 Å². The number of benzene rings is 2. The zero-order valence-corrected chi connectivity index (χ0v) is 36.7. The van der Waals surface area contributed by atoms with E-state index < -0.39 is 19.3 Å². The summed E-state index contributed by atoms with van der Waals surface area (Å²) in [5.74, 6) is 0.401. The number of pyridine rings is 4. The topological polar surface area (TPSA) is 191 Å². The van der Waals surface area contributed by atoms with Gasteiger partial charge < -0.3 is 30.9 Å². The molecule has 4 heterocycles. The third kappa shape index (κ3) is 12.1. The molecule has 0 spiro atoms. The summed E-state index contributed by atoms with van der Waals surface area (Å²) < 4.78 is 0. The Hall–Kier alpha value is -5.31. The summed E-state index contributed by atoms with van der Waals surface area (Å²) in [5.41, 5.74) is 7.75. The van der Waals surface area contributed by atoms with E-state index in [4.69, 9.17) is 21.6 Å². The van der Waals surface area contributed by atoms with Gasteiger partial charge in [-0.3, -0.25) is 14.6 Å². The summed E-state index contributed by atoms with van der Waals surface area (Å²) in [4.78, 5) is 43.7. The highest BCUT2D eigenvalue weighted by Crippen LogP contribution is 2.39. The van der Waals surface area contributed by atoms with E-state index in [1.54, 1.807) is 12.3 Å². The van der Waals surface area contributed by atoms with Crippen LogP contribution in [0.1, 0.15) is 132 Å². The second-order valence-electron chi connectivity index (χ2n) is 17.7. The van der Waals surface area contributed by atoms with Gasteiger partial charge in [0.2, 0.25) is 0 Å². The molecule has 6 aromatic rings. The zero-order valence-electron chi connectivity index (χ0n) is 36.0. The van der Waals surface area contributed by atoms with E-state index in [0.29, 0.717) is 35.3 Å². The Balaban J connectivity index is 0.000000155. The lowest BCUT2D eigenvalue weighted by Crippen LogP contribution is -2.45. The van der Waals surface area contributed by atoms with Crippen molar-refractivity contribution in [3.05, 3.63) is 142 Å². The molecule has 12 nitrogen and oxygen atoms in total. The van der Waals surface area contributed by atoms with Gasteiger partial charge in [0, 0.05) is 34.8 Å². The van der Waals surface area contributed by atoms with E-state index in [1.165, 1.54) is 18.5 Å². The second kappa shape index (κ2) is 21.1. The number of halogens is 1. The van der Waals surface area contributed by atoms with Crippen LogP contribution in [0.15, 0.2) is 97.3 Å². The number of aliphatic hydroxyl groups excluding tert-OH is 2. The number of fused-ring (bicyclic) bond motifs is 2. The van der Waals surface area contributed by atoms with Crippen molar-refractivity contribution in [2.75, 3.05) is 0 Å². The molecule has 0 unspecified atom stereocenters. The van der Waals surface area contributed by atoms with Crippen molar-refractivity contribution in [3.8, 4) is 0 Å². The van der Waals surface area contributed by atoms with Gasteiger partial charge in [-0.15, -0.1) is 0 Å². The number of carbonyl (C=O) groups is 2. The fraction of sp³-hybridized carbons (Fsp3) is 0.400. The summed E-state index contributed by atoms with van der Waals surface area (Å²) in [5, 5.41) is 45.3. The highest BCUT2D eigenvalue weighted by molar-refractivity contribution is 6.44. The molecule has 2 amide bonds. The standard InChI is InChI=1S/C25H27N3O2.C22H22ClN3O2.C3H7BO2/c29-24-8-4-3-7-22(24)28-25(30)23-14-18(19-5-1-2-6-21(19)27-23)13-16-9-12-20(26-15-16)17-10-11-17;23-21-10-9-14(13-24-21)11-15-12-19(25-17-6-2-1-5-16(15)17)22(28)26-18-7-3-4-8-20(18)27;5-4(6)3-1-2-3/h1-2,5-6,9,12,14-15,17,22,24,29H,3-4,7-8,10-11,13H2,(H,28,30);1-2,5-6,9-10,12-13,18,20,27H,3-4,7-8,11H2,(H,26,28);3,5-6H,1-2H2/t22-,24-;18-,20-;/m00./s1. The molecular weight excluding hydrogens is 827 g/mol. The van der Waals surface area contributed by atoms with Gasteiger partial charge in [-0.25, -0.2) is 15.0 Å². The average molecular weight is 883 g/mol. The Morgan fingerprint density at radius 1 is 0.609 bits per heavy atom. The molecule has 0 radical (unpaired) electrons. The second-order valence-corrected chi connectivity index (χ2v) is 18.1. The number of nitrogens with zero attached hydrogens (tertiary/aromatic N) is 4. The van der Waals surface area contributed by atoms with Crippen LogP contribution in [0.2, 0.25) is 11.0 Å². The minimum Gasteiger partial charge on any atom is -0.427 e. The quantitative estimate of drug-likeness (QED) is 0.0589. The Morgan fingerprint density at radius 3 is 1.50 bits per heavy atom. The lowest BCUT2D eigenvalue weighted by Gasteiger charge is -2.28. The van der Waals surface area contributed by atoms with Crippen LogP contribution in [-0.4, -0.2) is 83.4 Å². The molecule has 0 saturated heterocycles. The number of rotatable bonds is 10. The van der Waals surface area contributed by atoms with E-state index in [-0.39, 0.29) is 29.7 Å². The molecule has 0 bridgehead atoms. The lowest BCUT2D eigenvalue weighted by molar-refractivity contribution is 0.0712. The monoisotopic (exact) mass is 882 g/mol. The first kappa shape index (κ1) is 45.3. The van der Waals surface area contributed by atoms with Crippen molar-refractivity contribution in [2.45, 2.75) is 126 Å². The van der Waals surface area contributed by atoms with E-state index in [0.717, 1.165) is 108 Å². The first-order valence-electron chi connectivity index (χ1n) is 22.7. The largest absolute Gasteiger partial charge is 0.454 e. The van der Waals surface area contributed by atoms with Crippen molar-refractivity contribution < 1.29 is 29.9 Å². The van der Waals surface area contributed by atoms with Crippen LogP contribution in [0.3, 0.4) is 0 Å². The minimum absolute atomic E-state index is 0.192. The summed E-state index contributed by atoms with van der Waals surface area (Å²) in [6, 6.07) is 27.0. The first-order valence-corrected chi connectivity index (χ1v) is 23.1. The molecule has 10 rings (SSSR count). The van der Waals surface area contributed by atoms with Gasteiger partial charge in [0.25, 0.3) is 11.8 Å². The van der Waals surface area contributed by atoms with E-state index in [2.05, 4.69) is 48.8 Å². The average Bonchev–Trinajstić information content (AvgIpc) is 4.24. The number of carbonyl (C=O) groups excluding carboxylic acids is 2. The number of para-hydroxylation sites is 2. The SMILES string of the molecule is O=C(N[C@H]1CCCC[C@@H]1O)c1cc(Cc2ccc(C3CC3)nc2)c2ccccc2n1.O=C(N[C@H]1CCCC[C@@H]1O)c1cc(Cc2ccc(Cl)nc2)c2ccccc2n1.OB(O)C1CC1. The molecule has 4 atom stereocenters. The van der Waals surface area contributed by atoms with Gasteiger partial charge in [-0.05, 0) is 116 Å². The van der Waals surface area contributed by atoms with Crippen molar-refractivity contribution in [1.82, 2.24) is 30.6 Å². The van der Waals surface area contributed by atoms with Gasteiger partial charge in [-0.1, -0.05) is 98.7 Å². The fourth-order valence-electron chi connectivity index (χ4n) is 8.57. The number of amides is 2. The van der Waals surface area contributed by atoms with Gasteiger partial charge in [0.05, 0.1) is 35.3 Å². The molecule has 4 fully saturated rings.